The summed E-state index contributed by atoms with van der Waals surface area (Å²) in [5.74, 6) is 0.727. The number of nitrogens with zero attached hydrogens (tertiary/aromatic N) is 3. The maximum absolute atomic E-state index is 12.2. The summed E-state index contributed by atoms with van der Waals surface area (Å²) in [6.45, 7) is 4.69. The lowest BCUT2D eigenvalue weighted by Gasteiger charge is -2.30. The first-order chi connectivity index (χ1) is 10.7. The van der Waals surface area contributed by atoms with Gasteiger partial charge in [-0.05, 0) is 42.5 Å². The number of hydrogen-bond acceptors (Lipinski definition) is 2. The van der Waals surface area contributed by atoms with Crippen LogP contribution in [0.3, 0.4) is 0 Å². The molecule has 116 valence electrons. The van der Waals surface area contributed by atoms with Crippen molar-refractivity contribution in [2.75, 3.05) is 18.4 Å². The Balaban J connectivity index is 1.55. The van der Waals surface area contributed by atoms with Crippen LogP contribution in [-0.2, 0) is 6.54 Å². The Bertz CT molecular complexity index is 598. The molecule has 1 aromatic carbocycles. The molecule has 22 heavy (non-hydrogen) atoms. The van der Waals surface area contributed by atoms with Gasteiger partial charge in [0.25, 0.3) is 0 Å². The van der Waals surface area contributed by atoms with Gasteiger partial charge >= 0.3 is 6.03 Å². The Morgan fingerprint density at radius 2 is 2.00 bits per heavy atom. The number of amides is 2. The lowest BCUT2D eigenvalue weighted by molar-refractivity contribution is 0.186. The molecule has 1 N–H and O–H groups in total. The Kier molecular flexibility index (Phi) is 4.42. The maximum Gasteiger partial charge on any atom is 0.321 e. The highest BCUT2D eigenvalue weighted by atomic mass is 16.2. The summed E-state index contributed by atoms with van der Waals surface area (Å²) in [5, 5.41) is 7.17. The van der Waals surface area contributed by atoms with Crippen LogP contribution in [0.5, 0.6) is 0 Å². The SMILES string of the molecule is CC1CCN(C(=O)Nc2ccc(Cn3cccn3)cc2)CC1. The summed E-state index contributed by atoms with van der Waals surface area (Å²) in [4.78, 5) is 14.1. The minimum absolute atomic E-state index is 0.00623. The number of piperidine rings is 1. The summed E-state index contributed by atoms with van der Waals surface area (Å²) in [7, 11) is 0. The summed E-state index contributed by atoms with van der Waals surface area (Å²) >= 11 is 0. The molecule has 0 spiro atoms. The van der Waals surface area contributed by atoms with Crippen molar-refractivity contribution in [1.29, 1.82) is 0 Å². The molecule has 0 saturated carbocycles. The topological polar surface area (TPSA) is 50.2 Å². The van der Waals surface area contributed by atoms with Crippen LogP contribution in [0.25, 0.3) is 0 Å². The van der Waals surface area contributed by atoms with Gasteiger partial charge in [0.1, 0.15) is 0 Å². The standard InChI is InChI=1S/C17H22N4O/c1-14-7-11-20(12-8-14)17(22)19-16-5-3-15(4-6-16)13-21-10-2-9-18-21/h2-6,9-10,14H,7-8,11-13H2,1H3,(H,19,22). The van der Waals surface area contributed by atoms with Gasteiger partial charge in [0.2, 0.25) is 0 Å². The molecule has 5 nitrogen and oxygen atoms in total. The van der Waals surface area contributed by atoms with Crippen molar-refractivity contribution in [3.63, 3.8) is 0 Å². The fourth-order valence-corrected chi connectivity index (χ4v) is 2.69. The number of carbonyl (C=O) groups is 1. The fourth-order valence-electron chi connectivity index (χ4n) is 2.69. The number of urea groups is 1. The Labute approximate surface area is 130 Å². The van der Waals surface area contributed by atoms with Crippen molar-refractivity contribution in [1.82, 2.24) is 14.7 Å². The van der Waals surface area contributed by atoms with E-state index in [2.05, 4.69) is 17.3 Å². The third kappa shape index (κ3) is 3.67. The summed E-state index contributed by atoms with van der Waals surface area (Å²) in [6.07, 6.45) is 5.90. The number of hydrogen-bond donors (Lipinski definition) is 1. The van der Waals surface area contributed by atoms with Crippen molar-refractivity contribution in [2.24, 2.45) is 5.92 Å². The second-order valence-corrected chi connectivity index (χ2v) is 6.00. The van der Waals surface area contributed by atoms with E-state index in [0.29, 0.717) is 0 Å². The second-order valence-electron chi connectivity index (χ2n) is 6.00. The molecule has 1 fully saturated rings. The van der Waals surface area contributed by atoms with Gasteiger partial charge in [-0.15, -0.1) is 0 Å². The summed E-state index contributed by atoms with van der Waals surface area (Å²) in [6, 6.07) is 9.86. The van der Waals surface area contributed by atoms with Crippen LogP contribution in [0.15, 0.2) is 42.7 Å². The van der Waals surface area contributed by atoms with E-state index in [1.807, 2.05) is 46.1 Å². The molecule has 2 heterocycles. The van der Waals surface area contributed by atoms with Crippen molar-refractivity contribution in [2.45, 2.75) is 26.3 Å². The molecule has 2 amide bonds. The van der Waals surface area contributed by atoms with Crippen molar-refractivity contribution >= 4 is 11.7 Å². The van der Waals surface area contributed by atoms with Crippen LogP contribution in [0.1, 0.15) is 25.3 Å². The van der Waals surface area contributed by atoms with Crippen molar-refractivity contribution < 1.29 is 4.79 Å². The highest BCUT2D eigenvalue weighted by Gasteiger charge is 2.20. The molecule has 1 aromatic heterocycles. The van der Waals surface area contributed by atoms with E-state index < -0.39 is 0 Å². The number of benzene rings is 1. The molecule has 2 aromatic rings. The first kappa shape index (κ1) is 14.6. The second kappa shape index (κ2) is 6.64. The number of likely N-dealkylation sites (tertiary alicyclic amines) is 1. The van der Waals surface area contributed by atoms with Crippen molar-refractivity contribution in [3.8, 4) is 0 Å². The zero-order valence-electron chi connectivity index (χ0n) is 12.9. The third-order valence-electron chi connectivity index (χ3n) is 4.18. The van der Waals surface area contributed by atoms with Crippen molar-refractivity contribution in [3.05, 3.63) is 48.3 Å². The summed E-state index contributed by atoms with van der Waals surface area (Å²) in [5.41, 5.74) is 2.00. The van der Waals surface area contributed by atoms with Crippen LogP contribution in [0, 0.1) is 5.92 Å². The Hall–Kier alpha value is -2.30. The number of rotatable bonds is 3. The fraction of sp³-hybridized carbons (Fsp3) is 0.412. The maximum atomic E-state index is 12.2. The highest BCUT2D eigenvalue weighted by Crippen LogP contribution is 2.17. The Morgan fingerprint density at radius 3 is 2.64 bits per heavy atom. The van der Waals surface area contributed by atoms with Crippen LogP contribution < -0.4 is 5.32 Å². The first-order valence-electron chi connectivity index (χ1n) is 7.83. The van der Waals surface area contributed by atoms with Crippen LogP contribution in [-0.4, -0.2) is 33.8 Å². The molecule has 1 aliphatic rings. The molecule has 5 heteroatoms. The van der Waals surface area contributed by atoms with E-state index in [1.54, 1.807) is 6.20 Å². The van der Waals surface area contributed by atoms with E-state index >= 15 is 0 Å². The van der Waals surface area contributed by atoms with Gasteiger partial charge in [-0.3, -0.25) is 4.68 Å². The van der Waals surface area contributed by atoms with E-state index in [0.717, 1.165) is 49.6 Å². The molecule has 0 aliphatic carbocycles. The minimum Gasteiger partial charge on any atom is -0.325 e. The first-order valence-corrected chi connectivity index (χ1v) is 7.83. The zero-order chi connectivity index (χ0) is 15.4. The molecule has 1 saturated heterocycles. The molecule has 0 bridgehead atoms. The van der Waals surface area contributed by atoms with E-state index in [4.69, 9.17) is 0 Å². The number of anilines is 1. The molecule has 3 rings (SSSR count). The van der Waals surface area contributed by atoms with Crippen LogP contribution in [0.4, 0.5) is 10.5 Å². The van der Waals surface area contributed by atoms with Gasteiger partial charge < -0.3 is 10.2 Å². The molecular formula is C17H22N4O. The van der Waals surface area contributed by atoms with E-state index in [1.165, 1.54) is 0 Å². The monoisotopic (exact) mass is 298 g/mol. The van der Waals surface area contributed by atoms with E-state index in [-0.39, 0.29) is 6.03 Å². The third-order valence-corrected chi connectivity index (χ3v) is 4.18. The van der Waals surface area contributed by atoms with Gasteiger partial charge in [0.15, 0.2) is 0 Å². The summed E-state index contributed by atoms with van der Waals surface area (Å²) < 4.78 is 1.88. The number of carbonyl (C=O) groups excluding carboxylic acids is 1. The van der Waals surface area contributed by atoms with E-state index in [9.17, 15) is 4.79 Å². The van der Waals surface area contributed by atoms with Gasteiger partial charge in [-0.2, -0.15) is 5.10 Å². The molecule has 0 unspecified atom stereocenters. The number of aromatic nitrogens is 2. The average molecular weight is 298 g/mol. The highest BCUT2D eigenvalue weighted by molar-refractivity contribution is 5.89. The van der Waals surface area contributed by atoms with Crippen LogP contribution in [0.2, 0.25) is 0 Å². The quantitative estimate of drug-likeness (QED) is 0.946. The Morgan fingerprint density at radius 1 is 1.27 bits per heavy atom. The van der Waals surface area contributed by atoms with Gasteiger partial charge in [0, 0.05) is 31.2 Å². The normalized spacial score (nSPS) is 15.8. The van der Waals surface area contributed by atoms with Gasteiger partial charge in [-0.25, -0.2) is 4.79 Å². The van der Waals surface area contributed by atoms with Crippen LogP contribution >= 0.6 is 0 Å². The molecule has 1 aliphatic heterocycles. The van der Waals surface area contributed by atoms with Gasteiger partial charge in [-0.1, -0.05) is 19.1 Å². The molecular weight excluding hydrogens is 276 g/mol. The average Bonchev–Trinajstić information content (AvgIpc) is 3.03. The predicted octanol–water partition coefficient (Wildman–Crippen LogP) is 3.20. The smallest absolute Gasteiger partial charge is 0.321 e. The lowest BCUT2D eigenvalue weighted by atomic mass is 10.00. The minimum atomic E-state index is 0.00623. The zero-order valence-corrected chi connectivity index (χ0v) is 12.9. The largest absolute Gasteiger partial charge is 0.325 e. The lowest BCUT2D eigenvalue weighted by Crippen LogP contribution is -2.40. The van der Waals surface area contributed by atoms with Gasteiger partial charge in [0.05, 0.1) is 6.54 Å². The molecule has 0 radical (unpaired) electrons. The number of nitrogens with one attached hydrogen (secondary N) is 1. The molecule has 0 atom stereocenters. The predicted molar refractivity (Wildman–Crippen MR) is 86.8 cm³/mol.